The minimum atomic E-state index is -0.122. The molecule has 0 saturated carbocycles. The molecule has 5 nitrogen and oxygen atoms in total. The van der Waals surface area contributed by atoms with Gasteiger partial charge in [0.1, 0.15) is 0 Å². The van der Waals surface area contributed by atoms with E-state index in [4.69, 9.17) is 4.52 Å². The van der Waals surface area contributed by atoms with Crippen molar-refractivity contribution < 1.29 is 9.32 Å². The van der Waals surface area contributed by atoms with Gasteiger partial charge in [-0.25, -0.2) is 0 Å². The number of amides is 1. The van der Waals surface area contributed by atoms with E-state index in [0.717, 1.165) is 24.2 Å². The molecular weight excluding hydrogens is 254 g/mol. The molecule has 0 atom stereocenters. The molecule has 106 valence electrons. The number of aryl methyl sites for hydroxylation is 1. The zero-order chi connectivity index (χ0) is 14.4. The Balaban J connectivity index is 2.08. The van der Waals surface area contributed by atoms with Gasteiger partial charge in [-0.2, -0.15) is 0 Å². The molecule has 1 heterocycles. The lowest BCUT2D eigenvalue weighted by molar-refractivity contribution is 0.0948. The first-order chi connectivity index (χ1) is 9.70. The van der Waals surface area contributed by atoms with E-state index in [0.29, 0.717) is 17.9 Å². The van der Waals surface area contributed by atoms with Crippen molar-refractivity contribution in [2.45, 2.75) is 26.8 Å². The molecule has 0 saturated heterocycles. The topological polar surface area (TPSA) is 67.2 Å². The van der Waals surface area contributed by atoms with E-state index in [9.17, 15) is 4.79 Å². The summed E-state index contributed by atoms with van der Waals surface area (Å²) in [6.07, 6.45) is 2.56. The van der Waals surface area contributed by atoms with Gasteiger partial charge in [0.05, 0.1) is 18.3 Å². The highest BCUT2D eigenvalue weighted by Gasteiger charge is 2.12. The summed E-state index contributed by atoms with van der Waals surface area (Å²) in [6, 6.07) is 7.54. The van der Waals surface area contributed by atoms with Crippen molar-refractivity contribution in [1.82, 2.24) is 10.5 Å². The van der Waals surface area contributed by atoms with Gasteiger partial charge in [0, 0.05) is 18.3 Å². The van der Waals surface area contributed by atoms with Crippen LogP contribution >= 0.6 is 0 Å². The van der Waals surface area contributed by atoms with E-state index in [-0.39, 0.29) is 5.91 Å². The third kappa shape index (κ3) is 3.60. The van der Waals surface area contributed by atoms with Crippen molar-refractivity contribution in [3.05, 3.63) is 47.3 Å². The highest BCUT2D eigenvalue weighted by molar-refractivity contribution is 5.99. The first kappa shape index (κ1) is 14.1. The largest absolute Gasteiger partial charge is 0.384 e. The summed E-state index contributed by atoms with van der Waals surface area (Å²) >= 11 is 0. The molecular formula is C15H19N3O2. The summed E-state index contributed by atoms with van der Waals surface area (Å²) in [5, 5.41) is 9.71. The highest BCUT2D eigenvalue weighted by Crippen LogP contribution is 2.17. The normalized spacial score (nSPS) is 10.3. The highest BCUT2D eigenvalue weighted by atomic mass is 16.5. The Morgan fingerprint density at radius 1 is 1.35 bits per heavy atom. The third-order valence-electron chi connectivity index (χ3n) is 2.90. The fourth-order valence-corrected chi connectivity index (χ4v) is 1.86. The molecule has 2 rings (SSSR count). The molecule has 20 heavy (non-hydrogen) atoms. The number of anilines is 1. The number of rotatable bonds is 6. The summed E-state index contributed by atoms with van der Waals surface area (Å²) in [5.74, 6) is 0.512. The molecule has 2 N–H and O–H groups in total. The smallest absolute Gasteiger partial charge is 0.253 e. The van der Waals surface area contributed by atoms with Gasteiger partial charge in [0.15, 0.2) is 5.76 Å². The molecule has 1 amide bonds. The second kappa shape index (κ2) is 6.75. The predicted molar refractivity (Wildman–Crippen MR) is 77.6 cm³/mol. The van der Waals surface area contributed by atoms with Crippen LogP contribution in [0.1, 0.15) is 35.0 Å². The Morgan fingerprint density at radius 3 is 2.90 bits per heavy atom. The van der Waals surface area contributed by atoms with Crippen LogP contribution in [-0.4, -0.2) is 17.6 Å². The summed E-state index contributed by atoms with van der Waals surface area (Å²) in [7, 11) is 0. The lowest BCUT2D eigenvalue weighted by atomic mass is 10.1. The van der Waals surface area contributed by atoms with E-state index in [2.05, 4.69) is 22.7 Å². The molecule has 1 aromatic heterocycles. The van der Waals surface area contributed by atoms with Gasteiger partial charge < -0.3 is 15.2 Å². The van der Waals surface area contributed by atoms with Crippen LogP contribution in [0.2, 0.25) is 0 Å². The average Bonchev–Trinajstić information content (AvgIpc) is 2.96. The standard InChI is InChI=1S/C15H19N3O2/c1-3-7-16-14-5-4-11(2)9-13(14)15(19)17-10-12-6-8-18-20-12/h4-6,8-9,16H,3,7,10H2,1-2H3,(H,17,19). The van der Waals surface area contributed by atoms with Gasteiger partial charge >= 0.3 is 0 Å². The van der Waals surface area contributed by atoms with Crippen molar-refractivity contribution in [2.24, 2.45) is 0 Å². The molecule has 2 aromatic rings. The SMILES string of the molecule is CCCNc1ccc(C)cc1C(=O)NCc1ccno1. The molecule has 0 aliphatic carbocycles. The van der Waals surface area contributed by atoms with Crippen LogP contribution in [0, 0.1) is 6.92 Å². The van der Waals surface area contributed by atoms with Crippen LogP contribution in [0.3, 0.4) is 0 Å². The van der Waals surface area contributed by atoms with Gasteiger partial charge in [-0.05, 0) is 25.5 Å². The van der Waals surface area contributed by atoms with E-state index in [1.165, 1.54) is 0 Å². The molecule has 0 aliphatic heterocycles. The number of nitrogens with one attached hydrogen (secondary N) is 2. The maximum Gasteiger partial charge on any atom is 0.253 e. The van der Waals surface area contributed by atoms with Crippen LogP contribution in [0.5, 0.6) is 0 Å². The number of carbonyl (C=O) groups excluding carboxylic acids is 1. The number of nitrogens with zero attached hydrogens (tertiary/aromatic N) is 1. The maximum atomic E-state index is 12.3. The Hall–Kier alpha value is -2.30. The van der Waals surface area contributed by atoms with Crippen molar-refractivity contribution in [3.8, 4) is 0 Å². The summed E-state index contributed by atoms with van der Waals surface area (Å²) in [6.45, 7) is 5.23. The van der Waals surface area contributed by atoms with Crippen LogP contribution < -0.4 is 10.6 Å². The van der Waals surface area contributed by atoms with Gasteiger partial charge in [-0.1, -0.05) is 23.7 Å². The van der Waals surface area contributed by atoms with E-state index >= 15 is 0 Å². The van der Waals surface area contributed by atoms with E-state index < -0.39 is 0 Å². The van der Waals surface area contributed by atoms with Gasteiger partial charge in [-0.3, -0.25) is 4.79 Å². The van der Waals surface area contributed by atoms with Gasteiger partial charge in [0.2, 0.25) is 0 Å². The Morgan fingerprint density at radius 2 is 2.20 bits per heavy atom. The second-order valence-corrected chi connectivity index (χ2v) is 4.64. The van der Waals surface area contributed by atoms with Crippen LogP contribution in [0.25, 0.3) is 0 Å². The Bertz CT molecular complexity index is 565. The van der Waals surface area contributed by atoms with Crippen LogP contribution in [0.4, 0.5) is 5.69 Å². The van der Waals surface area contributed by atoms with Gasteiger partial charge in [0.25, 0.3) is 5.91 Å². The summed E-state index contributed by atoms with van der Waals surface area (Å²) in [4.78, 5) is 12.3. The zero-order valence-corrected chi connectivity index (χ0v) is 11.8. The lowest BCUT2D eigenvalue weighted by Crippen LogP contribution is -2.24. The van der Waals surface area contributed by atoms with Crippen molar-refractivity contribution >= 4 is 11.6 Å². The third-order valence-corrected chi connectivity index (χ3v) is 2.90. The lowest BCUT2D eigenvalue weighted by Gasteiger charge is -2.12. The average molecular weight is 273 g/mol. The minimum absolute atomic E-state index is 0.122. The quantitative estimate of drug-likeness (QED) is 0.849. The Labute approximate surface area is 118 Å². The molecule has 0 bridgehead atoms. The fraction of sp³-hybridized carbons (Fsp3) is 0.333. The summed E-state index contributed by atoms with van der Waals surface area (Å²) in [5.41, 5.74) is 2.56. The predicted octanol–water partition coefficient (Wildman–Crippen LogP) is 2.73. The summed E-state index contributed by atoms with van der Waals surface area (Å²) < 4.78 is 4.96. The van der Waals surface area contributed by atoms with Crippen molar-refractivity contribution in [1.29, 1.82) is 0 Å². The molecule has 0 unspecified atom stereocenters. The monoisotopic (exact) mass is 273 g/mol. The molecule has 0 radical (unpaired) electrons. The molecule has 5 heteroatoms. The van der Waals surface area contributed by atoms with Gasteiger partial charge in [-0.15, -0.1) is 0 Å². The van der Waals surface area contributed by atoms with E-state index in [1.54, 1.807) is 12.3 Å². The first-order valence-electron chi connectivity index (χ1n) is 6.73. The number of aromatic nitrogens is 1. The number of carbonyl (C=O) groups is 1. The van der Waals surface area contributed by atoms with Crippen molar-refractivity contribution in [2.75, 3.05) is 11.9 Å². The number of hydrogen-bond donors (Lipinski definition) is 2. The Kier molecular flexibility index (Phi) is 4.76. The first-order valence-corrected chi connectivity index (χ1v) is 6.73. The molecule has 1 aromatic carbocycles. The molecule has 0 spiro atoms. The van der Waals surface area contributed by atoms with E-state index in [1.807, 2.05) is 25.1 Å². The number of hydrogen-bond acceptors (Lipinski definition) is 4. The minimum Gasteiger partial charge on any atom is -0.384 e. The number of benzene rings is 1. The van der Waals surface area contributed by atoms with Crippen LogP contribution in [0.15, 0.2) is 35.0 Å². The van der Waals surface area contributed by atoms with Crippen LogP contribution in [-0.2, 0) is 6.54 Å². The van der Waals surface area contributed by atoms with Crippen molar-refractivity contribution in [3.63, 3.8) is 0 Å². The zero-order valence-electron chi connectivity index (χ0n) is 11.8. The molecule has 0 fully saturated rings. The maximum absolute atomic E-state index is 12.3. The fourth-order valence-electron chi connectivity index (χ4n) is 1.86. The second-order valence-electron chi connectivity index (χ2n) is 4.64. The molecule has 0 aliphatic rings.